The molecular weight excluding hydrogens is 182 g/mol. The number of nitro groups is 1. The minimum Gasteiger partial charge on any atom is -0.396 e. The molecule has 0 spiro atoms. The van der Waals surface area contributed by atoms with E-state index in [-0.39, 0.29) is 12.3 Å². The number of hydrogen-bond donors (Lipinski definition) is 1. The Bertz CT molecular complexity index is 286. The summed E-state index contributed by atoms with van der Waals surface area (Å²) in [4.78, 5) is 9.86. The number of nitrogens with zero attached hydrogens (tertiary/aromatic N) is 1. The van der Waals surface area contributed by atoms with Crippen LogP contribution in [-0.4, -0.2) is 16.6 Å². The van der Waals surface area contributed by atoms with Gasteiger partial charge in [-0.1, -0.05) is 26.0 Å². The fourth-order valence-corrected chi connectivity index (χ4v) is 0.955. The average molecular weight is 197 g/mol. The van der Waals surface area contributed by atoms with E-state index in [4.69, 9.17) is 5.11 Å². The summed E-state index contributed by atoms with van der Waals surface area (Å²) in [5, 5.41) is 18.9. The highest BCUT2D eigenvalue weighted by molar-refractivity contribution is 5.34. The van der Waals surface area contributed by atoms with Gasteiger partial charge in [-0.05, 0) is 12.0 Å². The van der Waals surface area contributed by atoms with Crippen LogP contribution in [0.3, 0.4) is 0 Å². The second-order valence-corrected chi connectivity index (χ2v) is 2.40. The number of nitro benzene ring substituents is 1. The van der Waals surface area contributed by atoms with E-state index in [0.29, 0.717) is 6.42 Å². The lowest BCUT2D eigenvalue weighted by Crippen LogP contribution is -1.93. The van der Waals surface area contributed by atoms with Gasteiger partial charge in [-0.15, -0.1) is 0 Å². The zero-order valence-corrected chi connectivity index (χ0v) is 8.43. The molecule has 0 fully saturated rings. The van der Waals surface area contributed by atoms with Crippen molar-refractivity contribution in [3.05, 3.63) is 39.9 Å². The zero-order valence-electron chi connectivity index (χ0n) is 8.43. The van der Waals surface area contributed by atoms with Crippen molar-refractivity contribution in [3.63, 3.8) is 0 Å². The number of hydrogen-bond acceptors (Lipinski definition) is 3. The second kappa shape index (κ2) is 7.03. The Hall–Kier alpha value is -1.42. The first-order chi connectivity index (χ1) is 6.74. The molecule has 0 radical (unpaired) electrons. The molecule has 0 saturated heterocycles. The van der Waals surface area contributed by atoms with Crippen LogP contribution in [0, 0.1) is 10.1 Å². The molecule has 14 heavy (non-hydrogen) atoms. The highest BCUT2D eigenvalue weighted by Crippen LogP contribution is 2.12. The summed E-state index contributed by atoms with van der Waals surface area (Å²) in [7, 11) is 0. The molecule has 0 saturated carbocycles. The maximum atomic E-state index is 10.3. The molecule has 0 aliphatic heterocycles. The van der Waals surface area contributed by atoms with Crippen LogP contribution in [-0.2, 0) is 6.42 Å². The minimum atomic E-state index is -0.444. The molecule has 1 N–H and O–H groups in total. The van der Waals surface area contributed by atoms with Crippen LogP contribution in [0.1, 0.15) is 19.4 Å². The van der Waals surface area contributed by atoms with Crippen molar-refractivity contribution in [2.45, 2.75) is 20.3 Å². The summed E-state index contributed by atoms with van der Waals surface area (Å²) in [5.74, 6) is 0. The number of aliphatic hydroxyl groups is 1. The third kappa shape index (κ3) is 4.00. The monoisotopic (exact) mass is 197 g/mol. The predicted molar refractivity (Wildman–Crippen MR) is 55.2 cm³/mol. The number of rotatable bonds is 3. The Labute approximate surface area is 83.3 Å². The highest BCUT2D eigenvalue weighted by Gasteiger charge is 2.04. The van der Waals surface area contributed by atoms with Gasteiger partial charge in [0.05, 0.1) is 4.92 Å². The smallest absolute Gasteiger partial charge is 0.269 e. The van der Waals surface area contributed by atoms with Crippen LogP contribution in [0.5, 0.6) is 0 Å². The van der Waals surface area contributed by atoms with Gasteiger partial charge in [0, 0.05) is 18.7 Å². The highest BCUT2D eigenvalue weighted by atomic mass is 16.6. The normalized spacial score (nSPS) is 8.79. The van der Waals surface area contributed by atoms with E-state index in [1.165, 1.54) is 12.1 Å². The van der Waals surface area contributed by atoms with E-state index in [1.807, 2.05) is 13.8 Å². The van der Waals surface area contributed by atoms with Gasteiger partial charge in [0.2, 0.25) is 0 Å². The molecular formula is C10H15NO3. The third-order valence-corrected chi connectivity index (χ3v) is 1.52. The van der Waals surface area contributed by atoms with Crippen molar-refractivity contribution < 1.29 is 10.0 Å². The Morgan fingerprint density at radius 3 is 2.57 bits per heavy atom. The van der Waals surface area contributed by atoms with Gasteiger partial charge in [-0.2, -0.15) is 0 Å². The lowest BCUT2D eigenvalue weighted by atomic mass is 10.1. The first-order valence-electron chi connectivity index (χ1n) is 4.58. The lowest BCUT2D eigenvalue weighted by Gasteiger charge is -1.96. The Kier molecular flexibility index (Phi) is 6.32. The summed E-state index contributed by atoms with van der Waals surface area (Å²) in [6.45, 7) is 4.02. The van der Waals surface area contributed by atoms with Crippen LogP contribution < -0.4 is 0 Å². The van der Waals surface area contributed by atoms with E-state index in [0.717, 1.165) is 5.56 Å². The Balaban J connectivity index is 0.000000791. The quantitative estimate of drug-likeness (QED) is 0.596. The van der Waals surface area contributed by atoms with Crippen LogP contribution >= 0.6 is 0 Å². The molecule has 0 aliphatic carbocycles. The van der Waals surface area contributed by atoms with Crippen molar-refractivity contribution >= 4 is 5.69 Å². The Morgan fingerprint density at radius 1 is 1.43 bits per heavy atom. The molecule has 0 heterocycles. The summed E-state index contributed by atoms with van der Waals surface area (Å²) in [6, 6.07) is 6.27. The van der Waals surface area contributed by atoms with Crippen molar-refractivity contribution in [1.82, 2.24) is 0 Å². The third-order valence-electron chi connectivity index (χ3n) is 1.52. The van der Waals surface area contributed by atoms with Gasteiger partial charge in [0.15, 0.2) is 0 Å². The average Bonchev–Trinajstić information content (AvgIpc) is 2.22. The fourth-order valence-electron chi connectivity index (χ4n) is 0.955. The van der Waals surface area contributed by atoms with Crippen molar-refractivity contribution in [2.75, 3.05) is 6.61 Å². The van der Waals surface area contributed by atoms with E-state index < -0.39 is 4.92 Å². The maximum Gasteiger partial charge on any atom is 0.269 e. The van der Waals surface area contributed by atoms with Crippen molar-refractivity contribution in [2.24, 2.45) is 0 Å². The maximum absolute atomic E-state index is 10.3. The topological polar surface area (TPSA) is 63.4 Å². The predicted octanol–water partition coefficient (Wildman–Crippen LogP) is 2.16. The molecule has 1 rings (SSSR count). The second-order valence-electron chi connectivity index (χ2n) is 2.40. The van der Waals surface area contributed by atoms with Gasteiger partial charge in [0.1, 0.15) is 0 Å². The molecule has 0 unspecified atom stereocenters. The first-order valence-corrected chi connectivity index (χ1v) is 4.58. The largest absolute Gasteiger partial charge is 0.396 e. The van der Waals surface area contributed by atoms with Gasteiger partial charge in [0.25, 0.3) is 5.69 Å². The van der Waals surface area contributed by atoms with E-state index >= 15 is 0 Å². The molecule has 4 nitrogen and oxygen atoms in total. The van der Waals surface area contributed by atoms with Crippen LogP contribution in [0.2, 0.25) is 0 Å². The fraction of sp³-hybridized carbons (Fsp3) is 0.400. The standard InChI is InChI=1S/C8H9NO3.C2H6/c10-5-4-7-2-1-3-8(6-7)9(11)12;1-2/h1-3,6,10H,4-5H2;1-2H3. The first kappa shape index (κ1) is 12.6. The summed E-state index contributed by atoms with van der Waals surface area (Å²) < 4.78 is 0. The molecule has 1 aromatic carbocycles. The van der Waals surface area contributed by atoms with E-state index in [2.05, 4.69) is 0 Å². The van der Waals surface area contributed by atoms with Crippen molar-refractivity contribution in [1.29, 1.82) is 0 Å². The van der Waals surface area contributed by atoms with E-state index in [1.54, 1.807) is 12.1 Å². The molecule has 0 bridgehead atoms. The molecule has 0 aromatic heterocycles. The molecule has 0 atom stereocenters. The number of benzene rings is 1. The van der Waals surface area contributed by atoms with Crippen molar-refractivity contribution in [3.8, 4) is 0 Å². The lowest BCUT2D eigenvalue weighted by molar-refractivity contribution is -0.384. The summed E-state index contributed by atoms with van der Waals surface area (Å²) in [5.41, 5.74) is 0.854. The Morgan fingerprint density at radius 2 is 2.07 bits per heavy atom. The van der Waals surface area contributed by atoms with Gasteiger partial charge < -0.3 is 5.11 Å². The molecule has 0 amide bonds. The van der Waals surface area contributed by atoms with E-state index in [9.17, 15) is 10.1 Å². The zero-order chi connectivity index (χ0) is 11.0. The summed E-state index contributed by atoms with van der Waals surface area (Å²) >= 11 is 0. The molecule has 0 aliphatic rings. The number of non-ortho nitro benzene ring substituents is 1. The van der Waals surface area contributed by atoms with Gasteiger partial charge in [-0.3, -0.25) is 10.1 Å². The molecule has 1 aromatic rings. The summed E-state index contributed by atoms with van der Waals surface area (Å²) in [6.07, 6.45) is 0.460. The van der Waals surface area contributed by atoms with Crippen LogP contribution in [0.25, 0.3) is 0 Å². The van der Waals surface area contributed by atoms with Gasteiger partial charge in [-0.25, -0.2) is 0 Å². The van der Waals surface area contributed by atoms with Crippen LogP contribution in [0.15, 0.2) is 24.3 Å². The SMILES string of the molecule is CC.O=[N+]([O-])c1cccc(CCO)c1. The molecule has 4 heteroatoms. The van der Waals surface area contributed by atoms with Gasteiger partial charge >= 0.3 is 0 Å². The van der Waals surface area contributed by atoms with Crippen LogP contribution in [0.4, 0.5) is 5.69 Å². The number of aliphatic hydroxyl groups excluding tert-OH is 1. The molecule has 78 valence electrons. The minimum absolute atomic E-state index is 0.0150.